The Bertz CT molecular complexity index is 305. The van der Waals surface area contributed by atoms with Crippen LogP contribution in [0.25, 0.3) is 0 Å². The van der Waals surface area contributed by atoms with E-state index in [1.54, 1.807) is 18.0 Å². The van der Waals surface area contributed by atoms with Crippen molar-refractivity contribution in [2.24, 2.45) is 0 Å². The molecule has 0 saturated carbocycles. The highest BCUT2D eigenvalue weighted by molar-refractivity contribution is 9.10. The van der Waals surface area contributed by atoms with Crippen LogP contribution in [0.1, 0.15) is 13.8 Å². The van der Waals surface area contributed by atoms with Crippen molar-refractivity contribution in [3.63, 3.8) is 0 Å². The van der Waals surface area contributed by atoms with Crippen molar-refractivity contribution in [1.82, 2.24) is 10.3 Å². The molecule has 3 nitrogen and oxygen atoms in total. The molecule has 0 radical (unpaired) electrons. The van der Waals surface area contributed by atoms with Crippen LogP contribution in [0.5, 0.6) is 0 Å². The lowest BCUT2D eigenvalue weighted by molar-refractivity contribution is 0.247. The van der Waals surface area contributed by atoms with Gasteiger partial charge in [-0.3, -0.25) is 0 Å². The lowest BCUT2D eigenvalue weighted by Crippen LogP contribution is -2.39. The maximum absolute atomic E-state index is 9.19. The van der Waals surface area contributed by atoms with Crippen molar-refractivity contribution in [2.45, 2.75) is 31.0 Å². The molecule has 2 N–H and O–H groups in total. The van der Waals surface area contributed by atoms with Gasteiger partial charge in [0.2, 0.25) is 0 Å². The zero-order valence-electron chi connectivity index (χ0n) is 9.48. The minimum Gasteiger partial charge on any atom is -0.395 e. The van der Waals surface area contributed by atoms with Crippen LogP contribution in [-0.4, -0.2) is 34.5 Å². The number of hydrogen-bond acceptors (Lipinski definition) is 4. The number of rotatable bonds is 6. The van der Waals surface area contributed by atoms with Gasteiger partial charge >= 0.3 is 0 Å². The van der Waals surface area contributed by atoms with Gasteiger partial charge in [0.05, 0.1) is 11.6 Å². The van der Waals surface area contributed by atoms with Crippen LogP contribution in [0.3, 0.4) is 0 Å². The second-order valence-electron chi connectivity index (χ2n) is 3.83. The molecule has 1 unspecified atom stereocenters. The Labute approximate surface area is 109 Å². The van der Waals surface area contributed by atoms with Crippen LogP contribution >= 0.6 is 27.7 Å². The van der Waals surface area contributed by atoms with Gasteiger partial charge in [-0.25, -0.2) is 4.98 Å². The molecular formula is C11H17BrN2OS. The van der Waals surface area contributed by atoms with Crippen molar-refractivity contribution in [1.29, 1.82) is 0 Å². The molecule has 0 aliphatic heterocycles. The van der Waals surface area contributed by atoms with Crippen molar-refractivity contribution >= 4 is 27.7 Å². The fraction of sp³-hybridized carbons (Fsp3) is 0.545. The van der Waals surface area contributed by atoms with Gasteiger partial charge in [-0.2, -0.15) is 0 Å². The molecule has 0 spiro atoms. The summed E-state index contributed by atoms with van der Waals surface area (Å²) in [7, 11) is 0. The molecule has 0 fully saturated rings. The van der Waals surface area contributed by atoms with E-state index in [1.807, 2.05) is 12.1 Å². The van der Waals surface area contributed by atoms with E-state index in [0.29, 0.717) is 6.04 Å². The number of thioether (sulfide) groups is 1. The Morgan fingerprint density at radius 3 is 2.75 bits per heavy atom. The molecule has 1 atom stereocenters. The molecule has 0 saturated heterocycles. The largest absolute Gasteiger partial charge is 0.395 e. The number of hydrogen-bond donors (Lipinski definition) is 2. The van der Waals surface area contributed by atoms with Crippen LogP contribution in [0.15, 0.2) is 27.8 Å². The maximum atomic E-state index is 9.19. The summed E-state index contributed by atoms with van der Waals surface area (Å²) < 4.78 is 0.982. The zero-order chi connectivity index (χ0) is 12.0. The molecule has 1 heterocycles. The van der Waals surface area contributed by atoms with Crippen molar-refractivity contribution in [2.75, 3.05) is 12.4 Å². The topological polar surface area (TPSA) is 45.1 Å². The third kappa shape index (κ3) is 5.30. The molecule has 1 rings (SSSR count). The Hall–Kier alpha value is -0.100. The number of halogens is 1. The molecule has 0 bridgehead atoms. The summed E-state index contributed by atoms with van der Waals surface area (Å²) in [6.07, 6.45) is 1.78. The molecule has 16 heavy (non-hydrogen) atoms. The Morgan fingerprint density at radius 2 is 2.25 bits per heavy atom. The normalized spacial score (nSPS) is 13.1. The summed E-state index contributed by atoms with van der Waals surface area (Å²) in [5.74, 6) is 0.823. The highest BCUT2D eigenvalue weighted by atomic mass is 79.9. The Morgan fingerprint density at radius 1 is 1.50 bits per heavy atom. The third-order valence-corrected chi connectivity index (χ3v) is 3.50. The van der Waals surface area contributed by atoms with E-state index in [1.165, 1.54) is 0 Å². The van der Waals surface area contributed by atoms with E-state index in [0.717, 1.165) is 15.3 Å². The first kappa shape index (κ1) is 14.0. The molecule has 0 amide bonds. The average molecular weight is 305 g/mol. The first-order valence-corrected chi connectivity index (χ1v) is 7.01. The van der Waals surface area contributed by atoms with E-state index >= 15 is 0 Å². The summed E-state index contributed by atoms with van der Waals surface area (Å²) in [5.41, 5.74) is 0. The summed E-state index contributed by atoms with van der Waals surface area (Å²) in [6, 6.07) is 4.45. The Balaban J connectivity index is 2.40. The standard InChI is InChI=1S/C11H17BrN2OS/c1-8(2)14-10(6-15)7-16-11-4-3-9(12)5-13-11/h3-5,8,10,14-15H,6-7H2,1-2H3. The number of pyridine rings is 1. The molecule has 0 aromatic carbocycles. The van der Waals surface area contributed by atoms with Gasteiger partial charge in [0.15, 0.2) is 0 Å². The zero-order valence-corrected chi connectivity index (χ0v) is 11.9. The summed E-state index contributed by atoms with van der Waals surface area (Å²) in [5, 5.41) is 13.5. The first-order chi connectivity index (χ1) is 7.61. The fourth-order valence-corrected chi connectivity index (χ4v) is 2.36. The fourth-order valence-electron chi connectivity index (χ4n) is 1.26. The molecule has 0 aliphatic carbocycles. The third-order valence-electron chi connectivity index (χ3n) is 1.92. The van der Waals surface area contributed by atoms with Gasteiger partial charge in [-0.05, 0) is 28.1 Å². The van der Waals surface area contributed by atoms with Gasteiger partial charge in [0, 0.05) is 28.5 Å². The number of nitrogens with one attached hydrogen (secondary N) is 1. The van der Waals surface area contributed by atoms with Crippen molar-refractivity contribution < 1.29 is 5.11 Å². The summed E-state index contributed by atoms with van der Waals surface area (Å²) in [6.45, 7) is 4.30. The van der Waals surface area contributed by atoms with E-state index in [9.17, 15) is 5.11 Å². The lowest BCUT2D eigenvalue weighted by atomic mass is 10.3. The Kier molecular flexibility index (Phi) is 6.34. The van der Waals surface area contributed by atoms with E-state index in [4.69, 9.17) is 0 Å². The number of aliphatic hydroxyl groups excluding tert-OH is 1. The number of aliphatic hydroxyl groups is 1. The van der Waals surface area contributed by atoms with E-state index in [-0.39, 0.29) is 12.6 Å². The van der Waals surface area contributed by atoms with Gasteiger partial charge in [-0.15, -0.1) is 11.8 Å². The minimum atomic E-state index is 0.121. The van der Waals surface area contributed by atoms with Crippen molar-refractivity contribution in [3.8, 4) is 0 Å². The quantitative estimate of drug-likeness (QED) is 0.792. The predicted molar refractivity (Wildman–Crippen MR) is 71.8 cm³/mol. The molecule has 5 heteroatoms. The van der Waals surface area contributed by atoms with Crippen LogP contribution in [0.2, 0.25) is 0 Å². The molecule has 0 aliphatic rings. The maximum Gasteiger partial charge on any atom is 0.0961 e. The number of nitrogens with zero attached hydrogens (tertiary/aromatic N) is 1. The van der Waals surface area contributed by atoms with Crippen LogP contribution < -0.4 is 5.32 Å². The molecule has 90 valence electrons. The van der Waals surface area contributed by atoms with E-state index < -0.39 is 0 Å². The van der Waals surface area contributed by atoms with Crippen LogP contribution in [0, 0.1) is 0 Å². The van der Waals surface area contributed by atoms with Crippen LogP contribution in [-0.2, 0) is 0 Å². The summed E-state index contributed by atoms with van der Waals surface area (Å²) in [4.78, 5) is 4.27. The number of aromatic nitrogens is 1. The van der Waals surface area contributed by atoms with Gasteiger partial charge < -0.3 is 10.4 Å². The average Bonchev–Trinajstić information content (AvgIpc) is 2.26. The molecular weight excluding hydrogens is 288 g/mol. The van der Waals surface area contributed by atoms with E-state index in [2.05, 4.69) is 40.1 Å². The second-order valence-corrected chi connectivity index (χ2v) is 5.78. The molecule has 1 aromatic heterocycles. The second kappa shape index (κ2) is 7.27. The highest BCUT2D eigenvalue weighted by Gasteiger charge is 2.09. The lowest BCUT2D eigenvalue weighted by Gasteiger charge is -2.18. The molecule has 1 aromatic rings. The monoisotopic (exact) mass is 304 g/mol. The summed E-state index contributed by atoms with van der Waals surface area (Å²) >= 11 is 5.00. The smallest absolute Gasteiger partial charge is 0.0961 e. The SMILES string of the molecule is CC(C)NC(CO)CSc1ccc(Br)cn1. The van der Waals surface area contributed by atoms with Gasteiger partial charge in [0.1, 0.15) is 0 Å². The minimum absolute atomic E-state index is 0.121. The first-order valence-electron chi connectivity index (χ1n) is 5.23. The predicted octanol–water partition coefficient (Wildman–Crippen LogP) is 2.30. The van der Waals surface area contributed by atoms with Gasteiger partial charge in [0.25, 0.3) is 0 Å². The highest BCUT2D eigenvalue weighted by Crippen LogP contribution is 2.18. The van der Waals surface area contributed by atoms with Crippen molar-refractivity contribution in [3.05, 3.63) is 22.8 Å². The van der Waals surface area contributed by atoms with Crippen LogP contribution in [0.4, 0.5) is 0 Å². The van der Waals surface area contributed by atoms with Gasteiger partial charge in [-0.1, -0.05) is 13.8 Å².